The van der Waals surface area contributed by atoms with Crippen LogP contribution >= 0.6 is 0 Å². The van der Waals surface area contributed by atoms with Gasteiger partial charge in [-0.3, -0.25) is 9.59 Å². The first-order valence-corrected chi connectivity index (χ1v) is 9.05. The van der Waals surface area contributed by atoms with Gasteiger partial charge in [0.2, 0.25) is 0 Å². The van der Waals surface area contributed by atoms with Crippen molar-refractivity contribution in [3.8, 4) is 0 Å². The van der Waals surface area contributed by atoms with Crippen LogP contribution in [0.1, 0.15) is 59.9 Å². The van der Waals surface area contributed by atoms with Crippen LogP contribution in [0.3, 0.4) is 0 Å². The Hall–Kier alpha value is -3.11. The van der Waals surface area contributed by atoms with Gasteiger partial charge in [0.25, 0.3) is 0 Å². The van der Waals surface area contributed by atoms with Crippen LogP contribution in [0.4, 0.5) is 13.2 Å². The largest absolute Gasteiger partial charge is 0.465 e. The summed E-state index contributed by atoms with van der Waals surface area (Å²) in [7, 11) is 0. The first kappa shape index (κ1) is 24.9. The Kier molecular flexibility index (Phi) is 9.28. The molecule has 0 aromatic heterocycles. The van der Waals surface area contributed by atoms with Crippen molar-refractivity contribution in [3.05, 3.63) is 34.1 Å². The fourth-order valence-electron chi connectivity index (χ4n) is 2.50. The van der Waals surface area contributed by atoms with E-state index in [0.29, 0.717) is 0 Å². The maximum Gasteiger partial charge on any atom is 0.342 e. The molecule has 1 aromatic rings. The molecule has 1 rings (SSSR count). The molecule has 0 N–H and O–H groups in total. The van der Waals surface area contributed by atoms with Crippen LogP contribution in [0.25, 0.3) is 0 Å². The van der Waals surface area contributed by atoms with Gasteiger partial charge in [0, 0.05) is 0 Å². The molecule has 0 atom stereocenters. The van der Waals surface area contributed by atoms with Crippen molar-refractivity contribution >= 4 is 23.9 Å². The summed E-state index contributed by atoms with van der Waals surface area (Å²) in [6.45, 7) is 4.29. The van der Waals surface area contributed by atoms with Crippen LogP contribution in [0.2, 0.25) is 0 Å². The van der Waals surface area contributed by atoms with Crippen LogP contribution in [0.15, 0.2) is 0 Å². The fourth-order valence-corrected chi connectivity index (χ4v) is 2.50. The molecule has 8 nitrogen and oxygen atoms in total. The minimum Gasteiger partial charge on any atom is -0.465 e. The number of carbonyl (C=O) groups is 4. The van der Waals surface area contributed by atoms with Crippen molar-refractivity contribution in [3.63, 3.8) is 0 Å². The number of carbonyl (C=O) groups excluding carboxylic acids is 4. The minimum absolute atomic E-state index is 0.272. The Bertz CT molecular complexity index is 820. The van der Waals surface area contributed by atoms with E-state index in [0.717, 1.165) is 0 Å². The van der Waals surface area contributed by atoms with E-state index in [1.165, 1.54) is 27.7 Å². The first-order chi connectivity index (χ1) is 14.2. The number of halogens is 3. The molecule has 0 saturated carbocycles. The molecule has 1 aromatic carbocycles. The van der Waals surface area contributed by atoms with E-state index in [9.17, 15) is 28.0 Å². The predicted octanol–water partition coefficient (Wildman–Crippen LogP) is 2.67. The van der Waals surface area contributed by atoms with Crippen LogP contribution in [-0.2, 0) is 28.5 Å². The predicted molar refractivity (Wildman–Crippen MR) is 94.2 cm³/mol. The molecule has 0 fully saturated rings. The third kappa shape index (κ3) is 5.08. The summed E-state index contributed by atoms with van der Waals surface area (Å²) in [6, 6.07) is 0. The van der Waals surface area contributed by atoms with Crippen molar-refractivity contribution in [2.45, 2.75) is 33.6 Å². The number of rotatable bonds is 9. The SMILES string of the molecule is CCOC(=O)c1c(F)c(F)c(C(C(=O)OCC)C(=O)OCC)c(F)c1C(=O)OCC. The van der Waals surface area contributed by atoms with Crippen molar-refractivity contribution in [2.24, 2.45) is 0 Å². The lowest BCUT2D eigenvalue weighted by Gasteiger charge is -2.19. The molecule has 0 aliphatic carbocycles. The van der Waals surface area contributed by atoms with Gasteiger partial charge in [-0.05, 0) is 27.7 Å². The summed E-state index contributed by atoms with van der Waals surface area (Å²) in [5.41, 5.74) is -4.12. The third-order valence-electron chi connectivity index (χ3n) is 3.65. The molecule has 0 bridgehead atoms. The molecule has 0 saturated heterocycles. The fraction of sp³-hybridized carbons (Fsp3) is 0.474. The third-order valence-corrected chi connectivity index (χ3v) is 3.65. The molecule has 0 unspecified atom stereocenters. The van der Waals surface area contributed by atoms with Gasteiger partial charge < -0.3 is 18.9 Å². The van der Waals surface area contributed by atoms with Gasteiger partial charge in [0.1, 0.15) is 16.9 Å². The normalized spacial score (nSPS) is 10.5. The summed E-state index contributed by atoms with van der Waals surface area (Å²) >= 11 is 0. The summed E-state index contributed by atoms with van der Waals surface area (Å²) in [6.07, 6.45) is 0. The average Bonchev–Trinajstić information content (AvgIpc) is 2.68. The molecule has 0 aliphatic rings. The minimum atomic E-state index is -2.39. The lowest BCUT2D eigenvalue weighted by atomic mass is 9.92. The van der Waals surface area contributed by atoms with Crippen molar-refractivity contribution in [2.75, 3.05) is 26.4 Å². The number of esters is 4. The Morgan fingerprint density at radius 1 is 0.633 bits per heavy atom. The molecule has 0 amide bonds. The van der Waals surface area contributed by atoms with Gasteiger partial charge >= 0.3 is 23.9 Å². The van der Waals surface area contributed by atoms with E-state index >= 15 is 4.39 Å². The second kappa shape index (κ2) is 11.2. The van der Waals surface area contributed by atoms with Gasteiger partial charge in [-0.1, -0.05) is 0 Å². The zero-order valence-corrected chi connectivity index (χ0v) is 16.8. The quantitative estimate of drug-likeness (QED) is 0.253. The Morgan fingerprint density at radius 2 is 1.00 bits per heavy atom. The van der Waals surface area contributed by atoms with Crippen LogP contribution in [0, 0.1) is 17.5 Å². The van der Waals surface area contributed by atoms with Gasteiger partial charge in [0.05, 0.1) is 32.0 Å². The van der Waals surface area contributed by atoms with E-state index in [-0.39, 0.29) is 26.4 Å². The maximum absolute atomic E-state index is 15.3. The smallest absolute Gasteiger partial charge is 0.342 e. The monoisotopic (exact) mass is 434 g/mol. The lowest BCUT2D eigenvalue weighted by Crippen LogP contribution is -2.30. The number of benzene rings is 1. The molecule has 0 aliphatic heterocycles. The lowest BCUT2D eigenvalue weighted by molar-refractivity contribution is -0.157. The zero-order valence-electron chi connectivity index (χ0n) is 16.8. The van der Waals surface area contributed by atoms with Gasteiger partial charge in [-0.25, -0.2) is 22.8 Å². The molecule has 30 heavy (non-hydrogen) atoms. The van der Waals surface area contributed by atoms with Crippen molar-refractivity contribution in [1.82, 2.24) is 0 Å². The van der Waals surface area contributed by atoms with E-state index in [1.807, 2.05) is 0 Å². The Labute approximate surface area is 170 Å². The van der Waals surface area contributed by atoms with Crippen molar-refractivity contribution in [1.29, 1.82) is 0 Å². The number of ether oxygens (including phenoxy) is 4. The summed E-state index contributed by atoms with van der Waals surface area (Å²) in [5, 5.41) is 0. The molecule has 0 heterocycles. The van der Waals surface area contributed by atoms with Crippen LogP contribution in [-0.4, -0.2) is 50.3 Å². The average molecular weight is 434 g/mol. The highest BCUT2D eigenvalue weighted by molar-refractivity contribution is 6.06. The van der Waals surface area contributed by atoms with Gasteiger partial charge in [-0.15, -0.1) is 0 Å². The highest BCUT2D eigenvalue weighted by atomic mass is 19.2. The molecule has 11 heteroatoms. The van der Waals surface area contributed by atoms with E-state index in [4.69, 9.17) is 0 Å². The highest BCUT2D eigenvalue weighted by Gasteiger charge is 2.42. The summed E-state index contributed by atoms with van der Waals surface area (Å²) < 4.78 is 63.3. The van der Waals surface area contributed by atoms with E-state index < -0.39 is 63.9 Å². The van der Waals surface area contributed by atoms with E-state index in [2.05, 4.69) is 18.9 Å². The number of hydrogen-bond acceptors (Lipinski definition) is 8. The van der Waals surface area contributed by atoms with Crippen LogP contribution in [0.5, 0.6) is 0 Å². The Morgan fingerprint density at radius 3 is 1.37 bits per heavy atom. The summed E-state index contributed by atoms with van der Waals surface area (Å²) in [4.78, 5) is 48.7. The second-order valence-corrected chi connectivity index (χ2v) is 5.48. The molecular formula is C19H21F3O8. The van der Waals surface area contributed by atoms with Gasteiger partial charge in [-0.2, -0.15) is 0 Å². The molecular weight excluding hydrogens is 413 g/mol. The molecule has 0 radical (unpaired) electrons. The standard InChI is InChI=1S/C19H21F3O8/c1-5-27-16(23)10-11(17(24)28-6-2)15(22)14(21)9(13(10)20)12(18(25)29-7-3)19(26)30-8-4/h12H,5-8H2,1-4H3. The topological polar surface area (TPSA) is 105 Å². The molecule has 166 valence electrons. The Balaban J connectivity index is 3.93. The summed E-state index contributed by atoms with van der Waals surface area (Å²) in [5.74, 6) is -14.2. The first-order valence-electron chi connectivity index (χ1n) is 9.05. The van der Waals surface area contributed by atoms with E-state index in [1.54, 1.807) is 0 Å². The van der Waals surface area contributed by atoms with Crippen molar-refractivity contribution < 1.29 is 51.3 Å². The molecule has 0 spiro atoms. The van der Waals surface area contributed by atoms with Gasteiger partial charge in [0.15, 0.2) is 17.6 Å². The van der Waals surface area contributed by atoms with Crippen LogP contribution < -0.4 is 0 Å². The second-order valence-electron chi connectivity index (χ2n) is 5.48. The highest BCUT2D eigenvalue weighted by Crippen LogP contribution is 2.33. The zero-order chi connectivity index (χ0) is 23.0. The maximum atomic E-state index is 15.3. The number of hydrogen-bond donors (Lipinski definition) is 0.